The van der Waals surface area contributed by atoms with Crippen molar-refractivity contribution in [2.24, 2.45) is 0 Å². The Morgan fingerprint density at radius 3 is 1.56 bits per heavy atom. The van der Waals surface area contributed by atoms with E-state index in [0.29, 0.717) is 17.1 Å². The number of para-hydroxylation sites is 2. The van der Waals surface area contributed by atoms with Gasteiger partial charge in [-0.15, -0.1) is 0 Å². The number of hydrogen-bond acceptors (Lipinski definition) is 5. The molecule has 0 radical (unpaired) electrons. The summed E-state index contributed by atoms with van der Waals surface area (Å²) in [6.45, 7) is 0. The van der Waals surface area contributed by atoms with Crippen molar-refractivity contribution in [3.05, 3.63) is 90.5 Å². The van der Waals surface area contributed by atoms with Gasteiger partial charge in [0, 0.05) is 17.1 Å². The molecule has 0 aliphatic carbocycles. The highest BCUT2D eigenvalue weighted by atomic mass is 32.2. The highest BCUT2D eigenvalue weighted by Crippen LogP contribution is 2.39. The Labute approximate surface area is 190 Å². The number of anilines is 3. The molecule has 3 aromatic carbocycles. The Morgan fingerprint density at radius 1 is 0.765 bits per heavy atom. The van der Waals surface area contributed by atoms with Crippen LogP contribution in [-0.2, 0) is 14.9 Å². The molecule has 3 aromatic rings. The van der Waals surface area contributed by atoms with E-state index in [1.165, 1.54) is 12.1 Å². The molecule has 180 valence electrons. The smallest absolute Gasteiger partial charge is 0.432 e. The van der Waals surface area contributed by atoms with Gasteiger partial charge in [-0.3, -0.25) is 4.55 Å². The van der Waals surface area contributed by atoms with Crippen molar-refractivity contribution in [2.45, 2.75) is 17.5 Å². The molecule has 0 amide bonds. The molecule has 34 heavy (non-hydrogen) atoms. The van der Waals surface area contributed by atoms with Crippen LogP contribution < -0.4 is 4.90 Å². The lowest BCUT2D eigenvalue weighted by molar-refractivity contribution is -0.248. The molecule has 0 fully saturated rings. The number of alkyl halides is 5. The summed E-state index contributed by atoms with van der Waals surface area (Å²) in [5.41, 5.74) is 1.36. The predicted octanol–water partition coefficient (Wildman–Crippen LogP) is 5.72. The second kappa shape index (κ2) is 9.39. The molecule has 12 heteroatoms. The first-order valence-electron chi connectivity index (χ1n) is 9.45. The highest BCUT2D eigenvalue weighted by molar-refractivity contribution is 7.86. The molecule has 0 bridgehead atoms. The van der Waals surface area contributed by atoms with Gasteiger partial charge in [-0.1, -0.05) is 36.4 Å². The Balaban J connectivity index is 1.92. The summed E-state index contributed by atoms with van der Waals surface area (Å²) in [5.74, 6) is -1.86. The summed E-state index contributed by atoms with van der Waals surface area (Å²) in [6.07, 6.45) is -10.4. The van der Waals surface area contributed by atoms with Gasteiger partial charge in [-0.2, -0.15) is 30.4 Å². The Morgan fingerprint density at radius 2 is 1.18 bits per heavy atom. The van der Waals surface area contributed by atoms with Crippen LogP contribution in [0.25, 0.3) is 0 Å². The molecule has 0 spiro atoms. The summed E-state index contributed by atoms with van der Waals surface area (Å²) in [5, 5.41) is -5.81. The topological polar surface area (TPSA) is 83.9 Å². The van der Waals surface area contributed by atoms with Crippen LogP contribution in [0.3, 0.4) is 0 Å². The largest absolute Gasteiger partial charge is 0.441 e. The third-order valence-electron chi connectivity index (χ3n) is 4.56. The van der Waals surface area contributed by atoms with Crippen molar-refractivity contribution in [2.75, 3.05) is 4.90 Å². The minimum Gasteiger partial charge on any atom is -0.441 e. The molecular weight excluding hydrogens is 485 g/mol. The van der Waals surface area contributed by atoms with E-state index in [4.69, 9.17) is 4.55 Å². The number of carbonyl (C=O) groups is 1. The maximum atomic E-state index is 13.7. The Hall–Kier alpha value is -3.51. The zero-order valence-corrected chi connectivity index (χ0v) is 17.8. The molecule has 6 nitrogen and oxygen atoms in total. The normalized spacial score (nSPS) is 13.2. The molecular formula is C22H16F5NO5S. The van der Waals surface area contributed by atoms with E-state index in [1.807, 2.05) is 0 Å². The van der Waals surface area contributed by atoms with E-state index in [1.54, 1.807) is 65.6 Å². The lowest BCUT2D eigenvalue weighted by Crippen LogP contribution is -2.52. The lowest BCUT2D eigenvalue weighted by Gasteiger charge is -2.26. The van der Waals surface area contributed by atoms with Crippen molar-refractivity contribution < 1.29 is 44.5 Å². The quantitative estimate of drug-likeness (QED) is 0.253. The zero-order valence-electron chi connectivity index (χ0n) is 17.0. The molecule has 1 atom stereocenters. The van der Waals surface area contributed by atoms with E-state index in [0.717, 1.165) is 12.1 Å². The molecule has 0 aliphatic heterocycles. The average Bonchev–Trinajstić information content (AvgIpc) is 2.78. The van der Waals surface area contributed by atoms with Gasteiger partial charge in [-0.25, -0.2) is 4.79 Å². The number of hydrogen-bond donors (Lipinski definition) is 1. The van der Waals surface area contributed by atoms with Crippen molar-refractivity contribution in [1.29, 1.82) is 0 Å². The monoisotopic (exact) mass is 501 g/mol. The number of nitrogens with zero attached hydrogens (tertiary/aromatic N) is 1. The first-order valence-corrected chi connectivity index (χ1v) is 10.9. The zero-order chi connectivity index (χ0) is 25.1. The molecule has 0 saturated carbocycles. The van der Waals surface area contributed by atoms with E-state index >= 15 is 0 Å². The van der Waals surface area contributed by atoms with Crippen LogP contribution in [-0.4, -0.2) is 36.5 Å². The van der Waals surface area contributed by atoms with E-state index < -0.39 is 39.2 Å². The van der Waals surface area contributed by atoms with Crippen LogP contribution in [0.5, 0.6) is 0 Å². The Kier molecular flexibility index (Phi) is 6.94. The second-order valence-corrected chi connectivity index (χ2v) is 8.41. The SMILES string of the molecule is O=C(OC(C(F)(F)F)C(F)(F)S(=O)(=O)O)c1ccc(N(c2ccccc2)c2ccccc2)cc1. The number of esters is 1. The predicted molar refractivity (Wildman–Crippen MR) is 113 cm³/mol. The van der Waals surface area contributed by atoms with Crippen LogP contribution in [0.2, 0.25) is 0 Å². The molecule has 0 aromatic heterocycles. The number of rotatable bonds is 7. The van der Waals surface area contributed by atoms with Crippen LogP contribution in [0.1, 0.15) is 10.4 Å². The van der Waals surface area contributed by atoms with Crippen LogP contribution >= 0.6 is 0 Å². The van der Waals surface area contributed by atoms with Gasteiger partial charge in [0.05, 0.1) is 5.56 Å². The molecule has 0 saturated heterocycles. The summed E-state index contributed by atoms with van der Waals surface area (Å²) in [7, 11) is -6.53. The average molecular weight is 501 g/mol. The third-order valence-corrected chi connectivity index (χ3v) is 5.46. The summed E-state index contributed by atoms with van der Waals surface area (Å²) in [6, 6.07) is 22.7. The number of benzene rings is 3. The Bertz CT molecular complexity index is 1190. The van der Waals surface area contributed by atoms with Crippen molar-refractivity contribution >= 4 is 33.1 Å². The number of halogens is 5. The molecule has 3 rings (SSSR count). The van der Waals surface area contributed by atoms with Gasteiger partial charge < -0.3 is 9.64 Å². The number of ether oxygens (including phenoxy) is 1. The maximum absolute atomic E-state index is 13.7. The number of carbonyl (C=O) groups excluding carboxylic acids is 1. The van der Waals surface area contributed by atoms with Crippen LogP contribution in [0.4, 0.5) is 39.0 Å². The maximum Gasteiger partial charge on any atom is 0.432 e. The lowest BCUT2D eigenvalue weighted by atomic mass is 10.1. The fourth-order valence-electron chi connectivity index (χ4n) is 2.98. The van der Waals surface area contributed by atoms with Crippen molar-refractivity contribution in [3.63, 3.8) is 0 Å². The van der Waals surface area contributed by atoms with Crippen LogP contribution in [0.15, 0.2) is 84.9 Å². The minimum absolute atomic E-state index is 0.476. The van der Waals surface area contributed by atoms with Gasteiger partial charge in [-0.05, 0) is 48.5 Å². The minimum atomic E-state index is -6.53. The van der Waals surface area contributed by atoms with Gasteiger partial charge in [0.25, 0.3) is 6.10 Å². The van der Waals surface area contributed by atoms with Gasteiger partial charge in [0.2, 0.25) is 0 Å². The van der Waals surface area contributed by atoms with E-state index in [9.17, 15) is 35.2 Å². The van der Waals surface area contributed by atoms with Gasteiger partial charge >= 0.3 is 27.5 Å². The highest BCUT2D eigenvalue weighted by Gasteiger charge is 2.66. The fraction of sp³-hybridized carbons (Fsp3) is 0.136. The van der Waals surface area contributed by atoms with E-state index in [2.05, 4.69) is 4.74 Å². The summed E-state index contributed by atoms with van der Waals surface area (Å²) >= 11 is 0. The fourth-order valence-corrected chi connectivity index (χ4v) is 3.44. The van der Waals surface area contributed by atoms with Gasteiger partial charge in [0.1, 0.15) is 0 Å². The van der Waals surface area contributed by atoms with Crippen molar-refractivity contribution in [1.82, 2.24) is 0 Å². The summed E-state index contributed by atoms with van der Waals surface area (Å²) < 4.78 is 100. The summed E-state index contributed by atoms with van der Waals surface area (Å²) in [4.78, 5) is 13.9. The second-order valence-electron chi connectivity index (χ2n) is 6.92. The first kappa shape index (κ1) is 25.1. The molecule has 1 N–H and O–H groups in total. The molecule has 1 unspecified atom stereocenters. The standard InChI is InChI=1S/C22H16F5NO5S/c23-21(24,25)20(22(26,27)34(30,31)32)33-19(29)15-11-13-18(14-12-15)28(16-7-3-1-4-8-16)17-9-5-2-6-10-17/h1-14,20H,(H,30,31,32). The molecule has 0 aliphatic rings. The molecule has 0 heterocycles. The van der Waals surface area contributed by atoms with Gasteiger partial charge in [0.15, 0.2) is 0 Å². The third kappa shape index (κ3) is 5.34. The first-order chi connectivity index (χ1) is 15.8. The van der Waals surface area contributed by atoms with E-state index in [-0.39, 0.29) is 0 Å². The van der Waals surface area contributed by atoms with Crippen molar-refractivity contribution in [3.8, 4) is 0 Å². The van der Waals surface area contributed by atoms with Crippen LogP contribution in [0, 0.1) is 0 Å².